The van der Waals surface area contributed by atoms with Crippen molar-refractivity contribution in [3.63, 3.8) is 0 Å². The lowest BCUT2D eigenvalue weighted by Crippen LogP contribution is -2.66. The van der Waals surface area contributed by atoms with E-state index in [0.29, 0.717) is 11.8 Å². The van der Waals surface area contributed by atoms with Crippen LogP contribution < -0.4 is 25.8 Å². The number of hydrogen-bond acceptors (Lipinski definition) is 10. The first-order valence-electron chi connectivity index (χ1n) is 12.7. The molecular formula is C25H29FN6O7S. The number of carbonyl (C=O) groups excluding carboxylic acids is 5. The number of aldehydes is 1. The van der Waals surface area contributed by atoms with Gasteiger partial charge in [0.05, 0.1) is 35.1 Å². The number of aromatic nitrogens is 1. The van der Waals surface area contributed by atoms with Crippen LogP contribution in [0.2, 0.25) is 0 Å². The Kier molecular flexibility index (Phi) is 7.20. The fourth-order valence-corrected chi connectivity index (χ4v) is 6.68. The van der Waals surface area contributed by atoms with Crippen molar-refractivity contribution >= 4 is 63.6 Å². The van der Waals surface area contributed by atoms with Gasteiger partial charge < -0.3 is 29.6 Å². The summed E-state index contributed by atoms with van der Waals surface area (Å²) in [5.41, 5.74) is -1.47. The molecule has 0 saturated carbocycles. The quantitative estimate of drug-likeness (QED) is 0.349. The van der Waals surface area contributed by atoms with Crippen LogP contribution in [0.4, 0.5) is 25.5 Å². The van der Waals surface area contributed by atoms with Crippen molar-refractivity contribution in [1.82, 2.24) is 21.1 Å². The first kappa shape index (κ1) is 27.8. The minimum atomic E-state index is -1.77. The number of hydrogen-bond donors (Lipinski definition) is 3. The van der Waals surface area contributed by atoms with E-state index in [4.69, 9.17) is 9.26 Å². The fraction of sp³-hybridized carbons (Fsp3) is 0.520. The summed E-state index contributed by atoms with van der Waals surface area (Å²) >= 11 is 1.03. The second-order valence-electron chi connectivity index (χ2n) is 10.3. The minimum absolute atomic E-state index is 0.0486. The molecule has 214 valence electrons. The molecule has 5 rings (SSSR count). The van der Waals surface area contributed by atoms with Gasteiger partial charge in [-0.2, -0.15) is 0 Å². The van der Waals surface area contributed by atoms with E-state index < -0.39 is 29.2 Å². The molecule has 0 bridgehead atoms. The smallest absolute Gasteiger partial charge is 0.321 e. The number of amides is 5. The van der Waals surface area contributed by atoms with Gasteiger partial charge in [0.25, 0.3) is 5.24 Å². The number of anilines is 2. The second-order valence-corrected chi connectivity index (χ2v) is 11.5. The SMILES string of the molecule is CNC(=O)NC(=O)C1(C=O)Cc2cc3c(N4CC(C(C)NC(C)=O)SC4=O)noc3c(F)c2N2C[C@@H](C)OC[C@@H]21. The number of thioether (sulfide) groups is 1. The zero-order valence-corrected chi connectivity index (χ0v) is 23.1. The van der Waals surface area contributed by atoms with Crippen LogP contribution in [0.25, 0.3) is 11.0 Å². The summed E-state index contributed by atoms with van der Waals surface area (Å²) in [6.45, 7) is 5.29. The number of benzene rings is 1. The average Bonchev–Trinajstić information content (AvgIpc) is 3.50. The summed E-state index contributed by atoms with van der Waals surface area (Å²) in [6.07, 6.45) is -0.0809. The van der Waals surface area contributed by atoms with E-state index in [0.717, 1.165) is 11.8 Å². The highest BCUT2D eigenvalue weighted by atomic mass is 32.2. The van der Waals surface area contributed by atoms with Gasteiger partial charge in [0.1, 0.15) is 11.7 Å². The summed E-state index contributed by atoms with van der Waals surface area (Å²) in [6, 6.07) is -0.416. The first-order valence-corrected chi connectivity index (χ1v) is 13.6. The molecule has 3 aliphatic heterocycles. The van der Waals surface area contributed by atoms with Gasteiger partial charge in [0, 0.05) is 33.1 Å². The van der Waals surface area contributed by atoms with Gasteiger partial charge >= 0.3 is 6.03 Å². The topological polar surface area (TPSA) is 163 Å². The molecule has 0 aliphatic carbocycles. The fourth-order valence-electron chi connectivity index (χ4n) is 5.64. The maximum absolute atomic E-state index is 16.2. The molecule has 2 aromatic rings. The van der Waals surface area contributed by atoms with Gasteiger partial charge in [-0.25, -0.2) is 9.18 Å². The Labute approximate surface area is 232 Å². The van der Waals surface area contributed by atoms with Crippen molar-refractivity contribution in [2.75, 3.05) is 36.5 Å². The average molecular weight is 577 g/mol. The number of nitrogens with zero attached hydrogens (tertiary/aromatic N) is 3. The van der Waals surface area contributed by atoms with Gasteiger partial charge in [-0.1, -0.05) is 16.9 Å². The summed E-state index contributed by atoms with van der Waals surface area (Å²) in [4.78, 5) is 65.4. The Balaban J connectivity index is 1.59. The number of nitrogens with one attached hydrogen (secondary N) is 3. The Hall–Kier alpha value is -3.72. The molecule has 4 heterocycles. The van der Waals surface area contributed by atoms with E-state index in [1.54, 1.807) is 24.8 Å². The van der Waals surface area contributed by atoms with Crippen LogP contribution in [-0.4, -0.2) is 84.7 Å². The number of urea groups is 1. The number of morpholine rings is 1. The number of halogens is 1. The molecule has 3 N–H and O–H groups in total. The molecule has 15 heteroatoms. The van der Waals surface area contributed by atoms with Gasteiger partial charge in [-0.05, 0) is 31.9 Å². The number of fused-ring (bicyclic) bond motifs is 4. The van der Waals surface area contributed by atoms with Crippen molar-refractivity contribution in [2.45, 2.75) is 50.6 Å². The van der Waals surface area contributed by atoms with Crippen LogP contribution in [0.15, 0.2) is 10.6 Å². The van der Waals surface area contributed by atoms with Gasteiger partial charge in [-0.3, -0.25) is 24.6 Å². The molecule has 3 aliphatic rings. The van der Waals surface area contributed by atoms with Crippen LogP contribution in [0, 0.1) is 11.2 Å². The summed E-state index contributed by atoms with van der Waals surface area (Å²) in [5, 5.41) is 10.9. The van der Waals surface area contributed by atoms with Crippen molar-refractivity contribution in [3.05, 3.63) is 17.4 Å². The predicted molar refractivity (Wildman–Crippen MR) is 143 cm³/mol. The third-order valence-electron chi connectivity index (χ3n) is 7.64. The van der Waals surface area contributed by atoms with Crippen molar-refractivity contribution in [2.24, 2.45) is 5.41 Å². The maximum atomic E-state index is 16.2. The lowest BCUT2D eigenvalue weighted by atomic mass is 9.70. The molecule has 1 aromatic carbocycles. The zero-order valence-electron chi connectivity index (χ0n) is 22.3. The summed E-state index contributed by atoms with van der Waals surface area (Å²) in [7, 11) is 1.34. The standard InChI is InChI=1S/C25H29FN6O7S/c1-11-7-31-17(9-38-11)25(10-33,22(35)29-23(36)27-4)6-14-5-15-20(18(26)19(14)31)39-30-21(15)32-8-16(40-24(32)37)12(2)28-13(3)34/h5,10-12,16-17H,6-9H2,1-4H3,(H,28,34)(H2,27,29,35,36)/t11-,12?,16?,17-,25?/m1/s1. The predicted octanol–water partition coefficient (Wildman–Crippen LogP) is 1.32. The Morgan fingerprint density at radius 3 is 2.75 bits per heavy atom. The first-order chi connectivity index (χ1) is 19.0. The van der Waals surface area contributed by atoms with Crippen LogP contribution in [0.3, 0.4) is 0 Å². The molecule has 2 saturated heterocycles. The van der Waals surface area contributed by atoms with E-state index in [9.17, 15) is 24.0 Å². The Morgan fingerprint density at radius 2 is 2.08 bits per heavy atom. The number of carbonyl (C=O) groups is 5. The maximum Gasteiger partial charge on any atom is 0.321 e. The number of rotatable bonds is 5. The lowest BCUT2D eigenvalue weighted by Gasteiger charge is -2.51. The zero-order chi connectivity index (χ0) is 28.9. The van der Waals surface area contributed by atoms with Crippen LogP contribution in [0.1, 0.15) is 26.3 Å². The molecular weight excluding hydrogens is 547 g/mol. The van der Waals surface area contributed by atoms with E-state index in [-0.39, 0.29) is 77.1 Å². The Morgan fingerprint density at radius 1 is 1.32 bits per heavy atom. The van der Waals surface area contributed by atoms with Crippen molar-refractivity contribution < 1.29 is 37.6 Å². The number of imide groups is 1. The number of ether oxygens (including phenoxy) is 1. The van der Waals surface area contributed by atoms with E-state index in [1.807, 2.05) is 0 Å². The molecule has 3 unspecified atom stereocenters. The monoisotopic (exact) mass is 576 g/mol. The molecule has 40 heavy (non-hydrogen) atoms. The second kappa shape index (κ2) is 10.4. The summed E-state index contributed by atoms with van der Waals surface area (Å²) < 4.78 is 27.4. The van der Waals surface area contributed by atoms with Crippen LogP contribution in [0.5, 0.6) is 0 Å². The van der Waals surface area contributed by atoms with E-state index in [2.05, 4.69) is 21.1 Å². The Bertz CT molecular complexity index is 1420. The van der Waals surface area contributed by atoms with Gasteiger partial charge in [-0.15, -0.1) is 0 Å². The van der Waals surface area contributed by atoms with Crippen molar-refractivity contribution in [3.8, 4) is 0 Å². The molecule has 13 nitrogen and oxygen atoms in total. The highest BCUT2D eigenvalue weighted by Crippen LogP contribution is 2.47. The molecule has 5 atom stereocenters. The van der Waals surface area contributed by atoms with Gasteiger partial charge in [0.2, 0.25) is 17.4 Å². The highest BCUT2D eigenvalue weighted by Gasteiger charge is 2.55. The largest absolute Gasteiger partial charge is 0.374 e. The highest BCUT2D eigenvalue weighted by molar-refractivity contribution is 8.14. The molecule has 0 spiro atoms. The molecule has 5 amide bonds. The third-order valence-corrected chi connectivity index (χ3v) is 8.92. The van der Waals surface area contributed by atoms with Crippen LogP contribution >= 0.6 is 11.8 Å². The molecule has 1 aromatic heterocycles. The van der Waals surface area contributed by atoms with E-state index in [1.165, 1.54) is 18.9 Å². The third kappa shape index (κ3) is 4.46. The lowest BCUT2D eigenvalue weighted by molar-refractivity contribution is -0.140. The minimum Gasteiger partial charge on any atom is -0.374 e. The van der Waals surface area contributed by atoms with Crippen molar-refractivity contribution in [1.29, 1.82) is 0 Å². The van der Waals surface area contributed by atoms with Gasteiger partial charge in [0.15, 0.2) is 11.6 Å². The normalized spacial score (nSPS) is 26.6. The molecule has 0 radical (unpaired) electrons. The van der Waals surface area contributed by atoms with E-state index >= 15 is 4.39 Å². The summed E-state index contributed by atoms with van der Waals surface area (Å²) in [5.74, 6) is -1.71. The van der Waals surface area contributed by atoms with Crippen LogP contribution in [-0.2, 0) is 25.5 Å². The molecule has 2 fully saturated rings.